The molecule has 1 aromatic heterocycles. The molecule has 4 aliphatic rings. The first-order chi connectivity index (χ1) is 21.8. The van der Waals surface area contributed by atoms with Crippen molar-refractivity contribution in [3.05, 3.63) is 34.7 Å². The summed E-state index contributed by atoms with van der Waals surface area (Å²) >= 11 is 1.26. The van der Waals surface area contributed by atoms with Crippen molar-refractivity contribution in [1.82, 2.24) is 14.7 Å². The van der Waals surface area contributed by atoms with Gasteiger partial charge in [0.2, 0.25) is 6.41 Å². The number of nitrogens with two attached hydrogens (primary N) is 1. The number of carbonyl (C=O) groups is 3. The van der Waals surface area contributed by atoms with Crippen molar-refractivity contribution in [2.75, 3.05) is 33.7 Å². The molecule has 1 unspecified atom stereocenters. The normalized spacial score (nSPS) is 22.1. The maximum atomic E-state index is 12.6. The number of carbonyl (C=O) groups excluding carboxylic acids is 3. The van der Waals surface area contributed by atoms with Gasteiger partial charge in [-0.15, -0.1) is 11.3 Å². The highest BCUT2D eigenvalue weighted by Gasteiger charge is 2.50. The van der Waals surface area contributed by atoms with E-state index < -0.39 is 19.7 Å². The fourth-order valence-electron chi connectivity index (χ4n) is 6.14. The quantitative estimate of drug-likeness (QED) is 0.173. The van der Waals surface area contributed by atoms with Gasteiger partial charge in [-0.3, -0.25) is 14.2 Å². The Bertz CT molecular complexity index is 1320. The highest BCUT2D eigenvalue weighted by atomic mass is 32.1. The number of thiophene rings is 1. The number of hydrogen-bond donors (Lipinski definition) is 3. The summed E-state index contributed by atoms with van der Waals surface area (Å²) in [5, 5.41) is 0.773. The molecule has 2 saturated carbocycles. The Hall–Kier alpha value is -2.21. The predicted molar refractivity (Wildman–Crippen MR) is 182 cm³/mol. The summed E-state index contributed by atoms with van der Waals surface area (Å²) in [5.41, 5.74) is 6.08. The van der Waals surface area contributed by atoms with E-state index in [-0.39, 0.29) is 6.16 Å². The molecule has 13 heteroatoms. The van der Waals surface area contributed by atoms with E-state index in [0.717, 1.165) is 42.2 Å². The Morgan fingerprint density at radius 2 is 1.83 bits per heavy atom. The van der Waals surface area contributed by atoms with E-state index in [4.69, 9.17) is 15.5 Å². The second-order valence-electron chi connectivity index (χ2n) is 13.1. The third kappa shape index (κ3) is 12.1. The lowest BCUT2D eigenvalue weighted by molar-refractivity contribution is -0.119. The lowest BCUT2D eigenvalue weighted by Crippen LogP contribution is -2.47. The molecule has 3 heterocycles. The van der Waals surface area contributed by atoms with Crippen molar-refractivity contribution in [2.24, 2.45) is 5.73 Å². The first kappa shape index (κ1) is 38.2. The third-order valence-electron chi connectivity index (χ3n) is 9.42. The molecule has 6 rings (SSSR count). The van der Waals surface area contributed by atoms with Gasteiger partial charge in [-0.05, 0) is 127 Å². The van der Waals surface area contributed by atoms with Gasteiger partial charge in [-0.2, -0.15) is 0 Å². The number of fused-ring (bicyclic) bond motifs is 1. The lowest BCUT2D eigenvalue weighted by atomic mass is 9.88. The van der Waals surface area contributed by atoms with Crippen LogP contribution in [-0.4, -0.2) is 101 Å². The van der Waals surface area contributed by atoms with Crippen molar-refractivity contribution in [3.8, 4) is 0 Å². The van der Waals surface area contributed by atoms with E-state index in [1.165, 1.54) is 63.0 Å². The molecule has 2 saturated heterocycles. The number of hydrogen-bond acceptors (Lipinski definition) is 7. The molecule has 1 aromatic carbocycles. The molecule has 1 atom stereocenters. The minimum atomic E-state index is -4.07. The van der Waals surface area contributed by atoms with E-state index in [0.29, 0.717) is 47.3 Å². The molecule has 4 fully saturated rings. The average Bonchev–Trinajstić information content (AvgIpc) is 3.29. The van der Waals surface area contributed by atoms with Crippen molar-refractivity contribution >= 4 is 47.6 Å². The Morgan fingerprint density at radius 3 is 2.30 bits per heavy atom. The summed E-state index contributed by atoms with van der Waals surface area (Å²) in [4.78, 5) is 56.3. The van der Waals surface area contributed by atoms with Crippen LogP contribution < -0.4 is 5.73 Å². The zero-order valence-corrected chi connectivity index (χ0v) is 29.2. The molecule has 0 bridgehead atoms. The van der Waals surface area contributed by atoms with E-state index >= 15 is 0 Å². The van der Waals surface area contributed by atoms with Gasteiger partial charge in [0, 0.05) is 35.3 Å². The van der Waals surface area contributed by atoms with Gasteiger partial charge in [0.1, 0.15) is 12.5 Å². The van der Waals surface area contributed by atoms with Crippen LogP contribution in [0.4, 0.5) is 4.39 Å². The smallest absolute Gasteiger partial charge is 0.329 e. The largest absolute Gasteiger partial charge is 0.365 e. The fourth-order valence-corrected chi connectivity index (χ4v) is 7.71. The Kier molecular flexibility index (Phi) is 14.8. The molecule has 2 aliphatic carbocycles. The molecule has 10 nitrogen and oxygen atoms in total. The zero-order valence-electron chi connectivity index (χ0n) is 27.5. The molecule has 2 aromatic rings. The Balaban J connectivity index is 0.000000177. The first-order valence-electron chi connectivity index (χ1n) is 16.3. The topological polar surface area (TPSA) is 144 Å². The van der Waals surface area contributed by atoms with Gasteiger partial charge in [-0.25, -0.2) is 4.39 Å². The van der Waals surface area contributed by atoms with Crippen LogP contribution in [0.2, 0.25) is 0 Å². The molecule has 0 radical (unpaired) electrons. The maximum Gasteiger partial charge on any atom is 0.329 e. The molecular formula is C33H52FN4O6PS. The van der Waals surface area contributed by atoms with Gasteiger partial charge < -0.3 is 35.0 Å². The summed E-state index contributed by atoms with van der Waals surface area (Å²) in [6.45, 7) is 5.79. The van der Waals surface area contributed by atoms with E-state index in [1.54, 1.807) is 24.3 Å². The van der Waals surface area contributed by atoms with Crippen molar-refractivity contribution < 1.29 is 33.1 Å². The second-order valence-corrected chi connectivity index (χ2v) is 15.9. The number of halogens is 1. The van der Waals surface area contributed by atoms with Crippen molar-refractivity contribution in [3.63, 3.8) is 0 Å². The molecule has 46 heavy (non-hydrogen) atoms. The van der Waals surface area contributed by atoms with Crippen molar-refractivity contribution in [2.45, 2.75) is 108 Å². The van der Waals surface area contributed by atoms with Gasteiger partial charge in [0.25, 0.3) is 5.91 Å². The van der Waals surface area contributed by atoms with Crippen LogP contribution in [0, 0.1) is 0 Å². The van der Waals surface area contributed by atoms with Gasteiger partial charge in [0.15, 0.2) is 0 Å². The van der Waals surface area contributed by atoms with Gasteiger partial charge in [0.05, 0.1) is 11.0 Å². The number of rotatable bonds is 10. The van der Waals surface area contributed by atoms with Crippen LogP contribution in [0.5, 0.6) is 0 Å². The number of unbranched alkanes of at least 4 members (excludes halogenated alkanes) is 1. The summed E-state index contributed by atoms with van der Waals surface area (Å²) in [6.07, 6.45) is 12.9. The summed E-state index contributed by atoms with van der Waals surface area (Å²) in [7, 11) is 0.165. The summed E-state index contributed by atoms with van der Waals surface area (Å²) in [5.74, 6) is -0.497. The van der Waals surface area contributed by atoms with Gasteiger partial charge in [-0.1, -0.05) is 6.07 Å². The first-order valence-corrected chi connectivity index (χ1v) is 19.0. The van der Waals surface area contributed by atoms with Crippen molar-refractivity contribution in [1.29, 1.82) is 0 Å². The minimum Gasteiger partial charge on any atom is -0.365 e. The molecule has 4 N–H and O–H groups in total. The van der Waals surface area contributed by atoms with Crippen LogP contribution >= 0.6 is 18.9 Å². The maximum absolute atomic E-state index is 12.6. The molecule has 1 spiro atoms. The Labute approximate surface area is 276 Å². The highest BCUT2D eigenvalue weighted by Crippen LogP contribution is 2.48. The van der Waals surface area contributed by atoms with Crippen LogP contribution in [0.25, 0.3) is 10.1 Å². The fraction of sp³-hybridized carbons (Fsp3) is 0.667. The highest BCUT2D eigenvalue weighted by molar-refractivity contribution is 7.50. The standard InChI is InChI=1S/C11H20FNO.C10H10NO4PS.C7H11NO.C5H11N/c1-9(5-3-4-6-14)13(2)11-7-10(12)8-11;11-10(12)9-4-7-3-6(5-16(13,14)15)1-2-8(7)17-9;9-6-8-5-1-2-7(8)3-4-7;1-6-4-2-3-5-6/h6,9-11H,3-5,7-8H2,1-2H3;1-4H,5H2,(H2,11,12)(H2,13,14,15);6H,1-5H2;2-5H2,1H3. The molecule has 2 amide bonds. The molecule has 258 valence electrons. The van der Waals surface area contributed by atoms with Crippen LogP contribution in [0.3, 0.4) is 0 Å². The average molecular weight is 683 g/mol. The monoisotopic (exact) mass is 682 g/mol. The second kappa shape index (κ2) is 17.8. The van der Waals surface area contributed by atoms with Crippen LogP contribution in [0.1, 0.15) is 92.8 Å². The predicted octanol–water partition coefficient (Wildman–Crippen LogP) is 5.34. The zero-order chi connectivity index (χ0) is 33.9. The number of amides is 2. The number of nitrogens with zero attached hydrogens (tertiary/aromatic N) is 3. The number of benzene rings is 1. The van der Waals surface area contributed by atoms with Gasteiger partial charge >= 0.3 is 7.60 Å². The molecule has 2 aliphatic heterocycles. The lowest BCUT2D eigenvalue weighted by Gasteiger charge is -2.40. The number of alkyl halides is 1. The minimum absolute atomic E-state index is 0.301. The van der Waals surface area contributed by atoms with E-state index in [1.807, 2.05) is 4.90 Å². The number of primary amides is 1. The van der Waals surface area contributed by atoms with Crippen LogP contribution in [0.15, 0.2) is 24.3 Å². The summed E-state index contributed by atoms with van der Waals surface area (Å²) < 4.78 is 24.4. The Morgan fingerprint density at radius 1 is 1.15 bits per heavy atom. The van der Waals surface area contributed by atoms with E-state index in [2.05, 4.69) is 30.8 Å². The number of aldehydes is 1. The number of likely N-dealkylation sites (tertiary alicyclic amines) is 2. The summed E-state index contributed by atoms with van der Waals surface area (Å²) in [6, 6.07) is 7.56. The molecular weight excluding hydrogens is 630 g/mol. The van der Waals surface area contributed by atoms with E-state index in [9.17, 15) is 23.3 Å². The van der Waals surface area contributed by atoms with Crippen LogP contribution in [-0.2, 0) is 20.3 Å². The third-order valence-corrected chi connectivity index (χ3v) is 11.3. The SMILES string of the molecule is CC(CCCC=O)N(C)C1CC(F)C1.CN1CCCC1.NC(=O)c1cc2cc(CP(=O)(O)O)ccc2s1.O=CN1CCCC12CC2.